The molecule has 0 aliphatic carbocycles. The van der Waals surface area contributed by atoms with E-state index in [-0.39, 0.29) is 23.1 Å². The lowest BCUT2D eigenvalue weighted by atomic mass is 10.1. The van der Waals surface area contributed by atoms with Crippen LogP contribution in [-0.4, -0.2) is 28.9 Å². The molecule has 1 aromatic heterocycles. The molecule has 4 rings (SSSR count). The van der Waals surface area contributed by atoms with Crippen LogP contribution in [0.15, 0.2) is 95.3 Å². The maximum absolute atomic E-state index is 13.2. The zero-order chi connectivity index (χ0) is 27.3. The smallest absolute Gasteiger partial charge is 0.269 e. The van der Waals surface area contributed by atoms with Gasteiger partial charge in [0.2, 0.25) is 5.96 Å². The first-order valence-corrected chi connectivity index (χ1v) is 13.5. The molecular formula is C24H19Cl3N6O4S. The number of nitro groups is 1. The molecule has 10 nitrogen and oxygen atoms in total. The van der Waals surface area contributed by atoms with Crippen LogP contribution in [0.1, 0.15) is 11.6 Å². The van der Waals surface area contributed by atoms with Crippen molar-refractivity contribution < 1.29 is 13.3 Å². The number of aliphatic imine (C=N–C) groups is 1. The van der Waals surface area contributed by atoms with E-state index in [0.717, 1.165) is 24.3 Å². The van der Waals surface area contributed by atoms with Gasteiger partial charge in [-0.1, -0.05) is 40.9 Å². The number of nitrogens with zero attached hydrogens (tertiary/aromatic N) is 4. The first kappa shape index (κ1) is 27.4. The molecule has 1 heterocycles. The lowest BCUT2D eigenvalue weighted by molar-refractivity contribution is -0.384. The number of nitro benzene ring substituents is 1. The zero-order valence-electron chi connectivity index (χ0n) is 19.3. The van der Waals surface area contributed by atoms with Gasteiger partial charge in [-0.3, -0.25) is 10.1 Å². The fourth-order valence-electron chi connectivity index (χ4n) is 3.42. The monoisotopic (exact) mass is 592 g/mol. The molecule has 14 heteroatoms. The van der Waals surface area contributed by atoms with Crippen molar-refractivity contribution in [3.05, 3.63) is 116 Å². The Labute approximate surface area is 233 Å². The Balaban J connectivity index is 1.76. The fourth-order valence-corrected chi connectivity index (χ4v) is 5.05. The van der Waals surface area contributed by atoms with E-state index < -0.39 is 21.0 Å². The highest BCUT2D eigenvalue weighted by Crippen LogP contribution is 2.30. The molecule has 0 bridgehead atoms. The van der Waals surface area contributed by atoms with Gasteiger partial charge in [0, 0.05) is 45.3 Å². The molecule has 38 heavy (non-hydrogen) atoms. The van der Waals surface area contributed by atoms with Crippen molar-refractivity contribution in [2.24, 2.45) is 4.99 Å². The molecule has 196 valence electrons. The first-order chi connectivity index (χ1) is 18.1. The van der Waals surface area contributed by atoms with Gasteiger partial charge in [0.15, 0.2) is 0 Å². The first-order valence-electron chi connectivity index (χ1n) is 10.9. The summed E-state index contributed by atoms with van der Waals surface area (Å²) < 4.78 is 30.7. The molecule has 2 N–H and O–H groups in total. The Morgan fingerprint density at radius 2 is 1.71 bits per heavy atom. The second-order valence-corrected chi connectivity index (χ2v) is 10.9. The van der Waals surface area contributed by atoms with Crippen molar-refractivity contribution in [3.8, 4) is 0 Å². The quantitative estimate of drug-likeness (QED) is 0.112. The fraction of sp³-hybridized carbons (Fsp3) is 0.0833. The Hall–Kier alpha value is -3.64. The summed E-state index contributed by atoms with van der Waals surface area (Å²) in [7, 11) is -4.20. The second-order valence-electron chi connectivity index (χ2n) is 7.91. The van der Waals surface area contributed by atoms with Gasteiger partial charge in [-0.05, 0) is 54.1 Å². The van der Waals surface area contributed by atoms with Gasteiger partial charge in [-0.15, -0.1) is 0 Å². The molecule has 1 unspecified atom stereocenters. The normalized spacial score (nSPS) is 12.7. The summed E-state index contributed by atoms with van der Waals surface area (Å²) in [5.41, 5.74) is 0.854. The second kappa shape index (κ2) is 11.8. The van der Waals surface area contributed by atoms with Crippen LogP contribution in [0.3, 0.4) is 0 Å². The van der Waals surface area contributed by atoms with E-state index in [0.29, 0.717) is 26.3 Å². The molecule has 0 spiro atoms. The summed E-state index contributed by atoms with van der Waals surface area (Å²) in [6, 6.07) is 15.3. The third-order valence-electron chi connectivity index (χ3n) is 5.25. The number of hydrogen-bond donors (Lipinski definition) is 2. The van der Waals surface area contributed by atoms with Crippen LogP contribution in [0, 0.1) is 10.1 Å². The number of hydrogen-bond acceptors (Lipinski definition) is 6. The Kier molecular flexibility index (Phi) is 8.52. The van der Waals surface area contributed by atoms with Crippen molar-refractivity contribution in [3.63, 3.8) is 0 Å². The van der Waals surface area contributed by atoms with Gasteiger partial charge >= 0.3 is 0 Å². The topological polar surface area (TPSA) is 132 Å². The number of nitrogens with one attached hydrogen (secondary N) is 2. The molecule has 0 aliphatic heterocycles. The van der Waals surface area contributed by atoms with Crippen LogP contribution in [0.4, 0.5) is 11.4 Å². The highest BCUT2D eigenvalue weighted by atomic mass is 35.5. The van der Waals surface area contributed by atoms with E-state index >= 15 is 0 Å². The van der Waals surface area contributed by atoms with E-state index in [1.165, 1.54) is 0 Å². The third kappa shape index (κ3) is 7.01. The van der Waals surface area contributed by atoms with Crippen LogP contribution in [-0.2, 0) is 16.6 Å². The number of halogens is 3. The number of guanidine groups is 1. The number of imidazole rings is 1. The maximum Gasteiger partial charge on any atom is 0.269 e. The molecule has 0 saturated carbocycles. The van der Waals surface area contributed by atoms with Crippen molar-refractivity contribution in [1.82, 2.24) is 14.3 Å². The van der Waals surface area contributed by atoms with Gasteiger partial charge in [0.1, 0.15) is 0 Å². The Bertz CT molecular complexity index is 1560. The van der Waals surface area contributed by atoms with Crippen molar-refractivity contribution in [2.75, 3.05) is 5.32 Å². The highest BCUT2D eigenvalue weighted by Gasteiger charge is 2.22. The summed E-state index contributed by atoms with van der Waals surface area (Å²) in [5.74, 6) is -0.123. The number of non-ortho nitro benzene ring substituents is 1. The van der Waals surface area contributed by atoms with Crippen LogP contribution >= 0.6 is 34.8 Å². The number of rotatable bonds is 8. The van der Waals surface area contributed by atoms with Gasteiger partial charge < -0.3 is 9.88 Å². The van der Waals surface area contributed by atoms with E-state index in [1.807, 2.05) is 0 Å². The minimum atomic E-state index is -4.20. The van der Waals surface area contributed by atoms with E-state index in [1.54, 1.807) is 65.8 Å². The summed E-state index contributed by atoms with van der Waals surface area (Å²) in [4.78, 5) is 18.9. The summed E-state index contributed by atoms with van der Waals surface area (Å²) in [6.07, 6.45) is 4.94. The number of benzene rings is 3. The van der Waals surface area contributed by atoms with Gasteiger partial charge in [-0.2, -0.15) is 0 Å². The standard InChI is InChI=1S/C24H19Cl3N6O4S/c25-16-1-4-18(5-2-16)29-24(31-38(36,37)20-8-6-19(7-9-20)33(34)35)30-23(14-32-12-11-28-15-32)21-10-3-17(26)13-22(21)27/h1-13,15,23H,14H2,(H2,29,30,31). The lowest BCUT2D eigenvalue weighted by Gasteiger charge is -2.19. The molecule has 1 atom stereocenters. The van der Waals surface area contributed by atoms with Crippen molar-refractivity contribution >= 4 is 62.2 Å². The van der Waals surface area contributed by atoms with Crippen LogP contribution < -0.4 is 10.0 Å². The molecule has 0 aliphatic rings. The average molecular weight is 594 g/mol. The third-order valence-corrected chi connectivity index (χ3v) is 7.41. The van der Waals surface area contributed by atoms with Gasteiger partial charge in [0.05, 0.1) is 28.7 Å². The highest BCUT2D eigenvalue weighted by molar-refractivity contribution is 7.90. The number of sulfonamides is 1. The molecule has 4 aromatic rings. The zero-order valence-corrected chi connectivity index (χ0v) is 22.4. The Morgan fingerprint density at radius 1 is 1.03 bits per heavy atom. The molecule has 0 amide bonds. The minimum Gasteiger partial charge on any atom is -0.335 e. The molecule has 0 saturated heterocycles. The number of anilines is 1. The Morgan fingerprint density at radius 3 is 2.32 bits per heavy atom. The maximum atomic E-state index is 13.2. The van der Waals surface area contributed by atoms with E-state index in [2.05, 4.69) is 20.0 Å². The SMILES string of the molecule is O=[N+]([O-])c1ccc(S(=O)(=O)NC(=NC(Cn2ccnc2)c2ccc(Cl)cc2Cl)Nc2ccc(Cl)cc2)cc1. The lowest BCUT2D eigenvalue weighted by Crippen LogP contribution is -2.36. The van der Waals surface area contributed by atoms with Crippen LogP contribution in [0.2, 0.25) is 15.1 Å². The van der Waals surface area contributed by atoms with Gasteiger partial charge in [-0.25, -0.2) is 23.1 Å². The minimum absolute atomic E-state index is 0.123. The largest absolute Gasteiger partial charge is 0.335 e. The number of aromatic nitrogens is 2. The van der Waals surface area contributed by atoms with Crippen molar-refractivity contribution in [1.29, 1.82) is 0 Å². The predicted octanol–water partition coefficient (Wildman–Crippen LogP) is 5.94. The average Bonchev–Trinajstić information content (AvgIpc) is 3.38. The van der Waals surface area contributed by atoms with E-state index in [4.69, 9.17) is 34.8 Å². The van der Waals surface area contributed by atoms with Crippen LogP contribution in [0.5, 0.6) is 0 Å². The van der Waals surface area contributed by atoms with Gasteiger partial charge in [0.25, 0.3) is 15.7 Å². The van der Waals surface area contributed by atoms with Crippen LogP contribution in [0.25, 0.3) is 0 Å². The molecule has 3 aromatic carbocycles. The predicted molar refractivity (Wildman–Crippen MR) is 147 cm³/mol. The molecular weight excluding hydrogens is 575 g/mol. The summed E-state index contributed by atoms with van der Waals surface area (Å²) in [5, 5.41) is 15.2. The molecule has 0 fully saturated rings. The molecule has 0 radical (unpaired) electrons. The van der Waals surface area contributed by atoms with E-state index in [9.17, 15) is 18.5 Å². The van der Waals surface area contributed by atoms with Crippen molar-refractivity contribution in [2.45, 2.75) is 17.5 Å². The summed E-state index contributed by atoms with van der Waals surface area (Å²) >= 11 is 18.6. The summed E-state index contributed by atoms with van der Waals surface area (Å²) in [6.45, 7) is 0.270.